The summed E-state index contributed by atoms with van der Waals surface area (Å²) in [6, 6.07) is 0. The van der Waals surface area contributed by atoms with Gasteiger partial charge in [0.15, 0.2) is 0 Å². The standard InChI is InChI=1S/C11H18O3/c1-3-11(4-2)6-5-8(10(13)14)9(12)7-11/h8H,3-7H2,1-2H3,(H,13,14). The fraction of sp³-hybridized carbons (Fsp3) is 0.818. The van der Waals surface area contributed by atoms with Crippen molar-refractivity contribution in [1.82, 2.24) is 0 Å². The Morgan fingerprint density at radius 3 is 2.43 bits per heavy atom. The summed E-state index contributed by atoms with van der Waals surface area (Å²) in [5, 5.41) is 8.80. The van der Waals surface area contributed by atoms with Gasteiger partial charge in [-0.3, -0.25) is 9.59 Å². The van der Waals surface area contributed by atoms with Gasteiger partial charge in [0.05, 0.1) is 0 Å². The maximum Gasteiger partial charge on any atom is 0.314 e. The van der Waals surface area contributed by atoms with Gasteiger partial charge in [0, 0.05) is 6.42 Å². The first-order valence-corrected chi connectivity index (χ1v) is 5.30. The molecule has 0 saturated heterocycles. The molecule has 3 nitrogen and oxygen atoms in total. The van der Waals surface area contributed by atoms with E-state index in [-0.39, 0.29) is 11.2 Å². The second-order valence-electron chi connectivity index (χ2n) is 4.28. The second-order valence-corrected chi connectivity index (χ2v) is 4.28. The molecule has 0 aromatic heterocycles. The predicted molar refractivity (Wildman–Crippen MR) is 53.0 cm³/mol. The Hall–Kier alpha value is -0.860. The summed E-state index contributed by atoms with van der Waals surface area (Å²) < 4.78 is 0. The van der Waals surface area contributed by atoms with Crippen molar-refractivity contribution in [3.05, 3.63) is 0 Å². The van der Waals surface area contributed by atoms with Gasteiger partial charge in [-0.25, -0.2) is 0 Å². The highest BCUT2D eigenvalue weighted by atomic mass is 16.4. The molecule has 14 heavy (non-hydrogen) atoms. The average molecular weight is 198 g/mol. The van der Waals surface area contributed by atoms with Crippen molar-refractivity contribution in [2.24, 2.45) is 11.3 Å². The van der Waals surface area contributed by atoms with Crippen LogP contribution in [0.3, 0.4) is 0 Å². The van der Waals surface area contributed by atoms with Gasteiger partial charge in [0.2, 0.25) is 0 Å². The molecule has 80 valence electrons. The number of ketones is 1. The number of hydrogen-bond acceptors (Lipinski definition) is 2. The van der Waals surface area contributed by atoms with E-state index in [9.17, 15) is 9.59 Å². The molecule has 0 bridgehead atoms. The maximum absolute atomic E-state index is 11.6. The van der Waals surface area contributed by atoms with Crippen LogP contribution in [-0.4, -0.2) is 16.9 Å². The number of hydrogen-bond donors (Lipinski definition) is 1. The Labute approximate surface area is 84.5 Å². The van der Waals surface area contributed by atoms with Crippen molar-refractivity contribution in [2.45, 2.75) is 46.0 Å². The van der Waals surface area contributed by atoms with E-state index in [2.05, 4.69) is 13.8 Å². The van der Waals surface area contributed by atoms with Crippen LogP contribution in [0, 0.1) is 11.3 Å². The van der Waals surface area contributed by atoms with Crippen LogP contribution in [0.15, 0.2) is 0 Å². The van der Waals surface area contributed by atoms with Crippen LogP contribution in [0.25, 0.3) is 0 Å². The lowest BCUT2D eigenvalue weighted by Crippen LogP contribution is -2.36. The van der Waals surface area contributed by atoms with Gasteiger partial charge in [0.25, 0.3) is 0 Å². The van der Waals surface area contributed by atoms with E-state index < -0.39 is 11.9 Å². The number of carbonyl (C=O) groups is 2. The number of carboxylic acid groups (broad SMARTS) is 1. The number of rotatable bonds is 3. The lowest BCUT2D eigenvalue weighted by atomic mass is 9.67. The predicted octanol–water partition coefficient (Wildman–Crippen LogP) is 2.25. The molecule has 0 spiro atoms. The van der Waals surface area contributed by atoms with Gasteiger partial charge in [-0.1, -0.05) is 26.7 Å². The molecule has 0 aromatic carbocycles. The van der Waals surface area contributed by atoms with E-state index in [1.165, 1.54) is 0 Å². The fourth-order valence-corrected chi connectivity index (χ4v) is 2.31. The van der Waals surface area contributed by atoms with Gasteiger partial charge in [-0.05, 0) is 18.3 Å². The molecule has 0 radical (unpaired) electrons. The molecule has 1 atom stereocenters. The molecule has 0 amide bonds. The van der Waals surface area contributed by atoms with Crippen LogP contribution >= 0.6 is 0 Å². The van der Waals surface area contributed by atoms with Gasteiger partial charge in [-0.15, -0.1) is 0 Å². The number of Topliss-reactive ketones (excluding diaryl/α,β-unsaturated/α-hetero) is 1. The maximum atomic E-state index is 11.6. The molecule has 3 heteroatoms. The Kier molecular flexibility index (Phi) is 3.29. The zero-order valence-electron chi connectivity index (χ0n) is 8.88. The first kappa shape index (κ1) is 11.2. The Morgan fingerprint density at radius 1 is 1.50 bits per heavy atom. The van der Waals surface area contributed by atoms with Crippen LogP contribution in [0.1, 0.15) is 46.0 Å². The van der Waals surface area contributed by atoms with Crippen LogP contribution in [0.2, 0.25) is 0 Å². The van der Waals surface area contributed by atoms with Gasteiger partial charge < -0.3 is 5.11 Å². The summed E-state index contributed by atoms with van der Waals surface area (Å²) in [5.41, 5.74) is 0.0863. The third kappa shape index (κ3) is 1.97. The van der Waals surface area contributed by atoms with Crippen molar-refractivity contribution >= 4 is 11.8 Å². The number of aliphatic carboxylic acids is 1. The van der Waals surface area contributed by atoms with Crippen molar-refractivity contribution in [1.29, 1.82) is 0 Å². The van der Waals surface area contributed by atoms with E-state index in [4.69, 9.17) is 5.11 Å². The highest BCUT2D eigenvalue weighted by Crippen LogP contribution is 2.42. The minimum atomic E-state index is -0.948. The summed E-state index contributed by atoms with van der Waals surface area (Å²) in [7, 11) is 0. The molecule has 1 aliphatic rings. The SMILES string of the molecule is CCC1(CC)CCC(C(=O)O)C(=O)C1. The number of carboxylic acids is 1. The Balaban J connectivity index is 2.71. The summed E-state index contributed by atoms with van der Waals surface area (Å²) in [4.78, 5) is 22.3. The summed E-state index contributed by atoms with van der Waals surface area (Å²) in [6.07, 6.45) is 3.80. The van der Waals surface area contributed by atoms with E-state index >= 15 is 0 Å². The third-order valence-corrected chi connectivity index (χ3v) is 3.70. The highest BCUT2D eigenvalue weighted by Gasteiger charge is 2.40. The number of carbonyl (C=O) groups excluding carboxylic acids is 1. The van der Waals surface area contributed by atoms with E-state index in [1.807, 2.05) is 0 Å². The zero-order valence-corrected chi connectivity index (χ0v) is 8.88. The van der Waals surface area contributed by atoms with E-state index in [1.54, 1.807) is 0 Å². The molecule has 1 rings (SSSR count). The molecular weight excluding hydrogens is 180 g/mol. The first-order valence-electron chi connectivity index (χ1n) is 5.30. The first-order chi connectivity index (χ1) is 6.54. The largest absolute Gasteiger partial charge is 0.481 e. The van der Waals surface area contributed by atoms with Crippen molar-refractivity contribution in [3.8, 4) is 0 Å². The van der Waals surface area contributed by atoms with Gasteiger partial charge >= 0.3 is 5.97 Å². The lowest BCUT2D eigenvalue weighted by molar-refractivity contribution is -0.149. The van der Waals surface area contributed by atoms with Crippen LogP contribution < -0.4 is 0 Å². The smallest absolute Gasteiger partial charge is 0.314 e. The minimum absolute atomic E-state index is 0.0764. The molecule has 1 saturated carbocycles. The molecule has 0 aliphatic heterocycles. The van der Waals surface area contributed by atoms with E-state index in [0.717, 1.165) is 19.3 Å². The monoisotopic (exact) mass is 198 g/mol. The van der Waals surface area contributed by atoms with Crippen molar-refractivity contribution in [2.75, 3.05) is 0 Å². The Morgan fingerprint density at radius 2 is 2.07 bits per heavy atom. The van der Waals surface area contributed by atoms with Crippen LogP contribution in [0.5, 0.6) is 0 Å². The highest BCUT2D eigenvalue weighted by molar-refractivity contribution is 5.99. The minimum Gasteiger partial charge on any atom is -0.481 e. The quantitative estimate of drug-likeness (QED) is 0.707. The zero-order chi connectivity index (χ0) is 10.8. The van der Waals surface area contributed by atoms with Gasteiger partial charge in [0.1, 0.15) is 11.7 Å². The summed E-state index contributed by atoms with van der Waals surface area (Å²) >= 11 is 0. The third-order valence-electron chi connectivity index (χ3n) is 3.70. The average Bonchev–Trinajstić information content (AvgIpc) is 2.17. The molecule has 1 fully saturated rings. The molecule has 0 heterocycles. The summed E-state index contributed by atoms with van der Waals surface area (Å²) in [6.45, 7) is 4.16. The molecule has 0 aromatic rings. The van der Waals surface area contributed by atoms with Crippen LogP contribution in [0.4, 0.5) is 0 Å². The van der Waals surface area contributed by atoms with Crippen molar-refractivity contribution in [3.63, 3.8) is 0 Å². The molecular formula is C11H18O3. The Bertz CT molecular complexity index is 241. The van der Waals surface area contributed by atoms with Crippen molar-refractivity contribution < 1.29 is 14.7 Å². The molecule has 1 N–H and O–H groups in total. The second kappa shape index (κ2) is 4.11. The fourth-order valence-electron chi connectivity index (χ4n) is 2.31. The van der Waals surface area contributed by atoms with E-state index in [0.29, 0.717) is 12.8 Å². The van der Waals surface area contributed by atoms with Crippen LogP contribution in [-0.2, 0) is 9.59 Å². The lowest BCUT2D eigenvalue weighted by Gasteiger charge is -2.36. The topological polar surface area (TPSA) is 54.4 Å². The van der Waals surface area contributed by atoms with Gasteiger partial charge in [-0.2, -0.15) is 0 Å². The molecule has 1 aliphatic carbocycles. The normalized spacial score (nSPS) is 26.1. The summed E-state index contributed by atoms with van der Waals surface area (Å²) in [5.74, 6) is -1.76. The molecule has 1 unspecified atom stereocenters.